The van der Waals surface area contributed by atoms with Gasteiger partial charge in [0.25, 0.3) is 0 Å². The van der Waals surface area contributed by atoms with Gasteiger partial charge >= 0.3 is 0 Å². The van der Waals surface area contributed by atoms with Crippen molar-refractivity contribution in [1.29, 1.82) is 0 Å². The third kappa shape index (κ3) is 4.56. The van der Waals surface area contributed by atoms with Crippen LogP contribution in [0.5, 0.6) is 0 Å². The van der Waals surface area contributed by atoms with E-state index in [0.29, 0.717) is 6.04 Å². The summed E-state index contributed by atoms with van der Waals surface area (Å²) in [6, 6.07) is 9.29. The van der Waals surface area contributed by atoms with Gasteiger partial charge in [0, 0.05) is 11.7 Å². The van der Waals surface area contributed by atoms with Crippen molar-refractivity contribution < 1.29 is 0 Å². The van der Waals surface area contributed by atoms with Crippen molar-refractivity contribution in [3.63, 3.8) is 0 Å². The van der Waals surface area contributed by atoms with E-state index in [4.69, 9.17) is 0 Å². The number of rotatable bonds is 8. The number of hydrogen-bond acceptors (Lipinski definition) is 1. The quantitative estimate of drug-likeness (QED) is 0.695. The summed E-state index contributed by atoms with van der Waals surface area (Å²) in [4.78, 5) is 0. The number of benzene rings is 1. The molecule has 100 valence electrons. The van der Waals surface area contributed by atoms with Crippen LogP contribution < -0.4 is 5.32 Å². The number of aryl methyl sites for hydroxylation is 1. The third-order valence-corrected chi connectivity index (χ3v) is 3.36. The van der Waals surface area contributed by atoms with E-state index in [2.05, 4.69) is 56.9 Å². The molecule has 0 atom stereocenters. The zero-order valence-electron chi connectivity index (χ0n) is 12.1. The van der Waals surface area contributed by atoms with Gasteiger partial charge in [-0.05, 0) is 30.4 Å². The van der Waals surface area contributed by atoms with Gasteiger partial charge in [-0.15, -0.1) is 0 Å². The lowest BCUT2D eigenvalue weighted by atomic mass is 10.0. The standard InChI is InChI=1S/C17H27N/c1-5-8-17(9-6-2)18-14(4)16-12-10-15(7-3)11-13-16/h10-13,17-18H,4-9H2,1-3H3. The van der Waals surface area contributed by atoms with Gasteiger partial charge in [-0.3, -0.25) is 0 Å². The Hall–Kier alpha value is -1.24. The fourth-order valence-corrected chi connectivity index (χ4v) is 2.26. The van der Waals surface area contributed by atoms with Crippen LogP contribution in [-0.2, 0) is 6.42 Å². The zero-order chi connectivity index (χ0) is 13.4. The molecule has 0 aliphatic heterocycles. The number of nitrogens with one attached hydrogen (secondary N) is 1. The average Bonchev–Trinajstić information content (AvgIpc) is 2.39. The Kier molecular flexibility index (Phi) is 6.56. The van der Waals surface area contributed by atoms with Crippen molar-refractivity contribution in [3.05, 3.63) is 42.0 Å². The van der Waals surface area contributed by atoms with Crippen molar-refractivity contribution in [3.8, 4) is 0 Å². The van der Waals surface area contributed by atoms with Crippen LogP contribution in [0.2, 0.25) is 0 Å². The van der Waals surface area contributed by atoms with Crippen molar-refractivity contribution in [2.24, 2.45) is 0 Å². The first-order chi connectivity index (χ1) is 8.71. The van der Waals surface area contributed by atoms with Gasteiger partial charge in [0.05, 0.1) is 0 Å². The van der Waals surface area contributed by atoms with Gasteiger partial charge in [0.15, 0.2) is 0 Å². The molecule has 1 aromatic carbocycles. The van der Waals surface area contributed by atoms with Crippen molar-refractivity contribution in [1.82, 2.24) is 5.32 Å². The molecule has 0 aliphatic carbocycles. The smallest absolute Gasteiger partial charge is 0.0342 e. The third-order valence-electron chi connectivity index (χ3n) is 3.36. The Labute approximate surface area is 112 Å². The van der Waals surface area contributed by atoms with Crippen LogP contribution in [0, 0.1) is 0 Å². The molecule has 0 saturated heterocycles. The predicted octanol–water partition coefficient (Wildman–Crippen LogP) is 4.78. The molecule has 1 nitrogen and oxygen atoms in total. The van der Waals surface area contributed by atoms with Crippen molar-refractivity contribution in [2.75, 3.05) is 0 Å². The van der Waals surface area contributed by atoms with Gasteiger partial charge in [-0.25, -0.2) is 0 Å². The van der Waals surface area contributed by atoms with E-state index >= 15 is 0 Å². The lowest BCUT2D eigenvalue weighted by Crippen LogP contribution is -2.27. The molecule has 1 aromatic rings. The Balaban J connectivity index is 2.61. The molecule has 0 fully saturated rings. The Morgan fingerprint density at radius 3 is 2.06 bits per heavy atom. The topological polar surface area (TPSA) is 12.0 Å². The van der Waals surface area contributed by atoms with Crippen molar-refractivity contribution in [2.45, 2.75) is 58.9 Å². The molecule has 1 rings (SSSR count). The lowest BCUT2D eigenvalue weighted by molar-refractivity contribution is 0.502. The van der Waals surface area contributed by atoms with Crippen LogP contribution in [0.15, 0.2) is 30.8 Å². The molecule has 0 unspecified atom stereocenters. The second-order valence-electron chi connectivity index (χ2n) is 4.95. The molecule has 0 heterocycles. The second-order valence-corrected chi connectivity index (χ2v) is 4.95. The van der Waals surface area contributed by atoms with E-state index in [1.807, 2.05) is 0 Å². The van der Waals surface area contributed by atoms with Crippen molar-refractivity contribution >= 4 is 5.70 Å². The molecule has 0 saturated carbocycles. The maximum absolute atomic E-state index is 4.17. The second kappa shape index (κ2) is 7.97. The monoisotopic (exact) mass is 245 g/mol. The first kappa shape index (κ1) is 14.8. The van der Waals surface area contributed by atoms with E-state index in [1.54, 1.807) is 0 Å². The highest BCUT2D eigenvalue weighted by Gasteiger charge is 2.08. The summed E-state index contributed by atoms with van der Waals surface area (Å²) in [5, 5.41) is 3.58. The first-order valence-corrected chi connectivity index (χ1v) is 7.25. The summed E-state index contributed by atoms with van der Waals surface area (Å²) in [6.07, 6.45) is 5.98. The molecule has 0 bridgehead atoms. The minimum Gasteiger partial charge on any atom is -0.382 e. The molecule has 0 aromatic heterocycles. The van der Waals surface area contributed by atoms with Crippen LogP contribution in [0.3, 0.4) is 0 Å². The van der Waals surface area contributed by atoms with Gasteiger partial charge in [-0.2, -0.15) is 0 Å². The predicted molar refractivity (Wildman–Crippen MR) is 81.6 cm³/mol. The van der Waals surface area contributed by atoms with E-state index in [-0.39, 0.29) is 0 Å². The molecule has 0 amide bonds. The normalized spacial score (nSPS) is 10.7. The lowest BCUT2D eigenvalue weighted by Gasteiger charge is -2.20. The van der Waals surface area contributed by atoms with Crippen LogP contribution in [0.25, 0.3) is 5.70 Å². The maximum Gasteiger partial charge on any atom is 0.0342 e. The van der Waals surface area contributed by atoms with Gasteiger partial charge in [0.2, 0.25) is 0 Å². The van der Waals surface area contributed by atoms with Gasteiger partial charge in [0.1, 0.15) is 0 Å². The minimum atomic E-state index is 0.568. The Bertz CT molecular complexity index is 344. The average molecular weight is 245 g/mol. The first-order valence-electron chi connectivity index (χ1n) is 7.25. The van der Waals surface area contributed by atoms with Gasteiger partial charge < -0.3 is 5.32 Å². The summed E-state index contributed by atoms with van der Waals surface area (Å²) < 4.78 is 0. The molecular weight excluding hydrogens is 218 g/mol. The van der Waals surface area contributed by atoms with Crippen LogP contribution in [0.1, 0.15) is 57.6 Å². The maximum atomic E-state index is 4.17. The fourth-order valence-electron chi connectivity index (χ4n) is 2.26. The van der Waals surface area contributed by atoms with E-state index in [1.165, 1.54) is 36.8 Å². The highest BCUT2D eigenvalue weighted by Crippen LogP contribution is 2.15. The molecule has 0 spiro atoms. The minimum absolute atomic E-state index is 0.568. The zero-order valence-corrected chi connectivity index (χ0v) is 12.1. The number of hydrogen-bond donors (Lipinski definition) is 1. The van der Waals surface area contributed by atoms with E-state index < -0.39 is 0 Å². The highest BCUT2D eigenvalue weighted by molar-refractivity contribution is 5.62. The molecule has 0 aliphatic rings. The van der Waals surface area contributed by atoms with E-state index in [9.17, 15) is 0 Å². The molecule has 0 radical (unpaired) electrons. The highest BCUT2D eigenvalue weighted by atomic mass is 14.9. The largest absolute Gasteiger partial charge is 0.382 e. The summed E-state index contributed by atoms with van der Waals surface area (Å²) >= 11 is 0. The van der Waals surface area contributed by atoms with E-state index in [0.717, 1.165) is 12.1 Å². The molecular formula is C17H27N. The molecule has 1 heteroatoms. The Morgan fingerprint density at radius 1 is 1.06 bits per heavy atom. The SMILES string of the molecule is C=C(NC(CCC)CCC)c1ccc(CC)cc1. The summed E-state index contributed by atoms with van der Waals surface area (Å²) in [5.74, 6) is 0. The summed E-state index contributed by atoms with van der Waals surface area (Å²) in [5.41, 5.74) is 3.65. The molecule has 18 heavy (non-hydrogen) atoms. The summed E-state index contributed by atoms with van der Waals surface area (Å²) in [7, 11) is 0. The fraction of sp³-hybridized carbons (Fsp3) is 0.529. The van der Waals surface area contributed by atoms with Crippen LogP contribution >= 0.6 is 0 Å². The Morgan fingerprint density at radius 2 is 1.61 bits per heavy atom. The van der Waals surface area contributed by atoms with Crippen LogP contribution in [-0.4, -0.2) is 6.04 Å². The van der Waals surface area contributed by atoms with Crippen LogP contribution in [0.4, 0.5) is 0 Å². The summed E-state index contributed by atoms with van der Waals surface area (Å²) in [6.45, 7) is 10.8. The molecule has 1 N–H and O–H groups in total. The van der Waals surface area contributed by atoms with Gasteiger partial charge in [-0.1, -0.05) is 64.5 Å².